The molecule has 1 aromatic rings. The van der Waals surface area contributed by atoms with Crippen molar-refractivity contribution in [2.75, 3.05) is 13.7 Å². The first-order valence-corrected chi connectivity index (χ1v) is 13.4. The molecule has 3 aliphatic rings. The van der Waals surface area contributed by atoms with Crippen LogP contribution in [-0.2, 0) is 14.3 Å². The third kappa shape index (κ3) is 5.21. The van der Waals surface area contributed by atoms with Gasteiger partial charge in [0.2, 0.25) is 11.8 Å². The number of amides is 2. The van der Waals surface area contributed by atoms with Gasteiger partial charge in [-0.25, -0.2) is 0 Å². The Labute approximate surface area is 218 Å². The van der Waals surface area contributed by atoms with E-state index in [4.69, 9.17) is 26.5 Å². The molecule has 9 heteroatoms. The van der Waals surface area contributed by atoms with Gasteiger partial charge < -0.3 is 20.1 Å². The average molecular weight is 519 g/mol. The quantitative estimate of drug-likeness (QED) is 0.449. The maximum absolute atomic E-state index is 13.4. The standard InChI is InChI=1S/C27H39ClN4O4/c1-6-27(7-2)15-22(33)32(25(29)31-27)20(11-12-35-5)16-13-17(16)24(34)30-19-14-26(3,4)36-21-10-8-9-18(28)23(19)21/h8-10,16-17,19-20H,6-7,11-15H2,1-5H3,(H2,29,31)(H,30,34)/t16?,17-,19?,20-/m1/s1. The van der Waals surface area contributed by atoms with Crippen LogP contribution in [0, 0.1) is 17.2 Å². The summed E-state index contributed by atoms with van der Waals surface area (Å²) in [5.74, 6) is 0.476. The van der Waals surface area contributed by atoms with Crippen molar-refractivity contribution in [3.8, 4) is 5.75 Å². The van der Waals surface area contributed by atoms with Crippen molar-refractivity contribution in [1.82, 2.24) is 15.5 Å². The molecule has 4 atom stereocenters. The van der Waals surface area contributed by atoms with E-state index in [1.165, 1.54) is 0 Å². The summed E-state index contributed by atoms with van der Waals surface area (Å²) in [7, 11) is 1.63. The molecule has 198 valence electrons. The van der Waals surface area contributed by atoms with E-state index >= 15 is 0 Å². The van der Waals surface area contributed by atoms with E-state index in [-0.39, 0.29) is 47.2 Å². The summed E-state index contributed by atoms with van der Waals surface area (Å²) in [4.78, 5) is 28.3. The molecular weight excluding hydrogens is 480 g/mol. The van der Waals surface area contributed by atoms with E-state index in [0.717, 1.165) is 18.4 Å². The minimum absolute atomic E-state index is 0.0273. The molecular formula is C27H39ClN4O4. The number of halogens is 1. The zero-order chi connectivity index (χ0) is 26.3. The van der Waals surface area contributed by atoms with Crippen LogP contribution >= 0.6 is 11.6 Å². The van der Waals surface area contributed by atoms with Gasteiger partial charge in [-0.15, -0.1) is 0 Å². The fourth-order valence-electron chi connectivity index (χ4n) is 5.88. The second kappa shape index (κ2) is 10.2. The van der Waals surface area contributed by atoms with E-state index < -0.39 is 5.60 Å². The fraction of sp³-hybridized carbons (Fsp3) is 0.667. The summed E-state index contributed by atoms with van der Waals surface area (Å²) < 4.78 is 11.4. The maximum Gasteiger partial charge on any atom is 0.231 e. The Morgan fingerprint density at radius 2 is 2.08 bits per heavy atom. The number of benzene rings is 1. The highest BCUT2D eigenvalue weighted by molar-refractivity contribution is 6.31. The molecule has 3 N–H and O–H groups in total. The van der Waals surface area contributed by atoms with Crippen molar-refractivity contribution in [3.63, 3.8) is 0 Å². The fourth-order valence-corrected chi connectivity index (χ4v) is 6.17. The molecule has 0 radical (unpaired) electrons. The lowest BCUT2D eigenvalue weighted by Gasteiger charge is -2.45. The van der Waals surface area contributed by atoms with Crippen molar-refractivity contribution < 1.29 is 19.1 Å². The van der Waals surface area contributed by atoms with E-state index in [9.17, 15) is 9.59 Å². The number of methoxy groups -OCH3 is 1. The van der Waals surface area contributed by atoms with Crippen LogP contribution in [0.1, 0.15) is 77.8 Å². The van der Waals surface area contributed by atoms with Gasteiger partial charge in [-0.3, -0.25) is 19.9 Å². The number of carbonyl (C=O) groups excluding carboxylic acids is 2. The molecule has 2 amide bonds. The smallest absolute Gasteiger partial charge is 0.231 e. The molecule has 2 aliphatic heterocycles. The number of hydrogen-bond donors (Lipinski definition) is 3. The normalized spacial score (nSPS) is 26.9. The minimum Gasteiger partial charge on any atom is -0.487 e. The summed E-state index contributed by atoms with van der Waals surface area (Å²) in [6, 6.07) is 5.03. The topological polar surface area (TPSA) is 104 Å². The molecule has 1 saturated heterocycles. The number of guanidine groups is 1. The second-order valence-electron chi connectivity index (χ2n) is 11.0. The van der Waals surface area contributed by atoms with Gasteiger partial charge in [-0.1, -0.05) is 31.5 Å². The molecule has 1 aliphatic carbocycles. The van der Waals surface area contributed by atoms with E-state index in [1.807, 2.05) is 45.9 Å². The summed E-state index contributed by atoms with van der Waals surface area (Å²) in [6.07, 6.45) is 3.75. The zero-order valence-electron chi connectivity index (χ0n) is 21.9. The molecule has 1 saturated carbocycles. The summed E-state index contributed by atoms with van der Waals surface area (Å²) in [5, 5.41) is 15.8. The first kappa shape index (κ1) is 26.7. The lowest BCUT2D eigenvalue weighted by atomic mass is 9.86. The molecule has 2 heterocycles. The Kier molecular flexibility index (Phi) is 7.58. The number of nitrogens with one attached hydrogen (secondary N) is 3. The molecule has 0 aromatic heterocycles. The summed E-state index contributed by atoms with van der Waals surface area (Å²) in [6.45, 7) is 8.54. The third-order valence-electron chi connectivity index (χ3n) is 8.12. The number of fused-ring (bicyclic) bond motifs is 1. The van der Waals surface area contributed by atoms with Crippen LogP contribution in [0.5, 0.6) is 5.75 Å². The third-order valence-corrected chi connectivity index (χ3v) is 8.45. The molecule has 1 aromatic carbocycles. The van der Waals surface area contributed by atoms with Crippen LogP contribution in [-0.4, -0.2) is 53.6 Å². The summed E-state index contributed by atoms with van der Waals surface area (Å²) >= 11 is 6.51. The largest absolute Gasteiger partial charge is 0.487 e. The predicted molar refractivity (Wildman–Crippen MR) is 139 cm³/mol. The predicted octanol–water partition coefficient (Wildman–Crippen LogP) is 4.42. The van der Waals surface area contributed by atoms with E-state index in [2.05, 4.69) is 10.6 Å². The molecule has 0 bridgehead atoms. The van der Waals surface area contributed by atoms with Gasteiger partial charge in [0.25, 0.3) is 0 Å². The van der Waals surface area contributed by atoms with E-state index in [0.29, 0.717) is 43.1 Å². The van der Waals surface area contributed by atoms with Gasteiger partial charge in [-0.05, 0) is 57.6 Å². The van der Waals surface area contributed by atoms with Crippen LogP contribution in [0.4, 0.5) is 0 Å². The highest BCUT2D eigenvalue weighted by Crippen LogP contribution is 2.47. The second-order valence-corrected chi connectivity index (χ2v) is 11.4. The van der Waals surface area contributed by atoms with Crippen molar-refractivity contribution in [2.45, 2.75) is 89.4 Å². The van der Waals surface area contributed by atoms with Gasteiger partial charge in [0.05, 0.1) is 12.5 Å². The maximum atomic E-state index is 13.4. The molecule has 2 unspecified atom stereocenters. The Hall–Kier alpha value is -2.32. The van der Waals surface area contributed by atoms with Gasteiger partial charge in [0, 0.05) is 48.2 Å². The Balaban J connectivity index is 1.50. The number of rotatable bonds is 9. The molecule has 2 fully saturated rings. The van der Waals surface area contributed by atoms with E-state index in [1.54, 1.807) is 12.0 Å². The lowest BCUT2D eigenvalue weighted by molar-refractivity contribution is -0.134. The Bertz CT molecular complexity index is 1010. The van der Waals surface area contributed by atoms with Crippen molar-refractivity contribution >= 4 is 29.4 Å². The number of nitrogens with zero attached hydrogens (tertiary/aromatic N) is 1. The molecule has 8 nitrogen and oxygen atoms in total. The highest BCUT2D eigenvalue weighted by atomic mass is 35.5. The first-order valence-electron chi connectivity index (χ1n) is 13.0. The Morgan fingerprint density at radius 3 is 2.72 bits per heavy atom. The van der Waals surface area contributed by atoms with Crippen LogP contribution in [0.25, 0.3) is 0 Å². The zero-order valence-corrected chi connectivity index (χ0v) is 22.7. The minimum atomic E-state index is -0.439. The number of carbonyl (C=O) groups is 2. The number of ether oxygens (including phenoxy) is 2. The number of hydrogen-bond acceptors (Lipinski definition) is 5. The van der Waals surface area contributed by atoms with Gasteiger partial charge in [0.15, 0.2) is 5.96 Å². The molecule has 4 rings (SSSR count). The lowest BCUT2D eigenvalue weighted by Crippen LogP contribution is -2.64. The van der Waals surface area contributed by atoms with Crippen LogP contribution < -0.4 is 15.4 Å². The molecule has 36 heavy (non-hydrogen) atoms. The van der Waals surface area contributed by atoms with Gasteiger partial charge in [0.1, 0.15) is 11.4 Å². The summed E-state index contributed by atoms with van der Waals surface area (Å²) in [5.41, 5.74) is -0.00194. The van der Waals surface area contributed by atoms with Gasteiger partial charge >= 0.3 is 0 Å². The van der Waals surface area contributed by atoms with Crippen LogP contribution in [0.3, 0.4) is 0 Å². The first-order chi connectivity index (χ1) is 17.0. The SMILES string of the molecule is CCC1(CC)CC(=O)N([C@H](CCOC)C2C[C@H]2C(=O)NC2CC(C)(C)Oc3cccc(Cl)c32)C(=N)N1. The van der Waals surface area contributed by atoms with Crippen molar-refractivity contribution in [3.05, 3.63) is 28.8 Å². The van der Waals surface area contributed by atoms with Crippen molar-refractivity contribution in [1.29, 1.82) is 5.41 Å². The van der Waals surface area contributed by atoms with Crippen LogP contribution in [0.2, 0.25) is 5.02 Å². The highest BCUT2D eigenvalue weighted by Gasteiger charge is 2.53. The average Bonchev–Trinajstić information content (AvgIpc) is 3.60. The monoisotopic (exact) mass is 518 g/mol. The van der Waals surface area contributed by atoms with Gasteiger partial charge in [-0.2, -0.15) is 0 Å². The van der Waals surface area contributed by atoms with Crippen LogP contribution in [0.15, 0.2) is 18.2 Å². The molecule has 0 spiro atoms. The van der Waals surface area contributed by atoms with Crippen molar-refractivity contribution in [2.24, 2.45) is 11.8 Å². The Morgan fingerprint density at radius 1 is 1.36 bits per heavy atom.